The smallest absolute Gasteiger partial charge is 0.223 e. The van der Waals surface area contributed by atoms with E-state index in [2.05, 4.69) is 5.32 Å². The van der Waals surface area contributed by atoms with Gasteiger partial charge in [-0.2, -0.15) is 0 Å². The highest BCUT2D eigenvalue weighted by molar-refractivity contribution is 6.30. The summed E-state index contributed by atoms with van der Waals surface area (Å²) in [6.45, 7) is 1.56. The van der Waals surface area contributed by atoms with E-state index in [1.807, 2.05) is 54.6 Å². The molecule has 25 heavy (non-hydrogen) atoms. The van der Waals surface area contributed by atoms with E-state index in [1.165, 1.54) is 0 Å². The van der Waals surface area contributed by atoms with Gasteiger partial charge in [0.2, 0.25) is 11.8 Å². The number of rotatable bonds is 4. The van der Waals surface area contributed by atoms with Crippen LogP contribution in [-0.4, -0.2) is 36.3 Å². The maximum absolute atomic E-state index is 12.8. The lowest BCUT2D eigenvalue weighted by molar-refractivity contribution is -0.131. The average molecular weight is 357 g/mol. The largest absolute Gasteiger partial charge is 0.354 e. The molecule has 0 spiro atoms. The second-order valence-corrected chi connectivity index (χ2v) is 6.64. The molecule has 2 aromatic rings. The Bertz CT molecular complexity index is 731. The van der Waals surface area contributed by atoms with Crippen molar-refractivity contribution in [1.82, 2.24) is 10.2 Å². The first-order valence-corrected chi connectivity index (χ1v) is 8.86. The first-order valence-electron chi connectivity index (χ1n) is 8.48. The fourth-order valence-corrected chi connectivity index (χ4v) is 3.25. The van der Waals surface area contributed by atoms with Gasteiger partial charge in [-0.05, 0) is 23.3 Å². The Balaban J connectivity index is 1.81. The summed E-state index contributed by atoms with van der Waals surface area (Å²) in [4.78, 5) is 26.1. The van der Waals surface area contributed by atoms with Crippen LogP contribution in [0.5, 0.6) is 0 Å². The number of benzene rings is 2. The minimum absolute atomic E-state index is 0.00705. The molecule has 5 heteroatoms. The predicted molar refractivity (Wildman–Crippen MR) is 98.6 cm³/mol. The molecule has 2 aromatic carbocycles. The molecule has 2 amide bonds. The first kappa shape index (κ1) is 17.5. The normalized spacial score (nSPS) is 16.0. The lowest BCUT2D eigenvalue weighted by atomic mass is 9.88. The van der Waals surface area contributed by atoms with Gasteiger partial charge in [0, 0.05) is 43.4 Å². The standard InChI is InChI=1S/C20H21ClN2O2/c21-17-8-6-16(7-9-17)18(15-4-2-1-3-5-15)14-20(25)23-12-10-19(24)22-11-13-23/h1-9,18H,10-14H2,(H,22,24)/t18-/m1/s1. The van der Waals surface area contributed by atoms with Crippen molar-refractivity contribution in [3.63, 3.8) is 0 Å². The van der Waals surface area contributed by atoms with Crippen molar-refractivity contribution in [3.05, 3.63) is 70.7 Å². The second kappa shape index (κ2) is 8.17. The van der Waals surface area contributed by atoms with Crippen molar-refractivity contribution in [2.75, 3.05) is 19.6 Å². The first-order chi connectivity index (χ1) is 12.1. The maximum atomic E-state index is 12.8. The lowest BCUT2D eigenvalue weighted by Crippen LogP contribution is -2.35. The Hall–Kier alpha value is -2.33. The Kier molecular flexibility index (Phi) is 5.71. The zero-order valence-electron chi connectivity index (χ0n) is 14.0. The van der Waals surface area contributed by atoms with E-state index in [1.54, 1.807) is 4.90 Å². The maximum Gasteiger partial charge on any atom is 0.223 e. The van der Waals surface area contributed by atoms with E-state index < -0.39 is 0 Å². The molecule has 1 fully saturated rings. The third-order valence-electron chi connectivity index (χ3n) is 4.52. The van der Waals surface area contributed by atoms with Gasteiger partial charge < -0.3 is 10.2 Å². The predicted octanol–water partition coefficient (Wildman–Crippen LogP) is 3.21. The van der Waals surface area contributed by atoms with E-state index in [0.29, 0.717) is 37.5 Å². The van der Waals surface area contributed by atoms with E-state index in [0.717, 1.165) is 11.1 Å². The van der Waals surface area contributed by atoms with Crippen LogP contribution in [0.4, 0.5) is 0 Å². The number of nitrogens with zero attached hydrogens (tertiary/aromatic N) is 1. The summed E-state index contributed by atoms with van der Waals surface area (Å²) in [5, 5.41) is 3.48. The lowest BCUT2D eigenvalue weighted by Gasteiger charge is -2.24. The minimum Gasteiger partial charge on any atom is -0.354 e. The summed E-state index contributed by atoms with van der Waals surface area (Å²) in [6, 6.07) is 17.7. The molecule has 0 saturated carbocycles. The number of halogens is 1. The summed E-state index contributed by atoms with van der Waals surface area (Å²) in [5.41, 5.74) is 2.16. The Morgan fingerprint density at radius 2 is 1.72 bits per heavy atom. The highest BCUT2D eigenvalue weighted by Gasteiger charge is 2.23. The summed E-state index contributed by atoms with van der Waals surface area (Å²) >= 11 is 6.01. The SMILES string of the molecule is O=C1CCN(C(=O)C[C@H](c2ccccc2)c2ccc(Cl)cc2)CCN1. The molecule has 0 unspecified atom stereocenters. The molecule has 4 nitrogen and oxygen atoms in total. The van der Waals surface area contributed by atoms with Crippen molar-refractivity contribution in [1.29, 1.82) is 0 Å². The Morgan fingerprint density at radius 1 is 1.04 bits per heavy atom. The van der Waals surface area contributed by atoms with Crippen molar-refractivity contribution >= 4 is 23.4 Å². The third-order valence-corrected chi connectivity index (χ3v) is 4.77. The van der Waals surface area contributed by atoms with Crippen LogP contribution < -0.4 is 5.32 Å². The molecule has 1 aliphatic heterocycles. The number of carbonyl (C=O) groups excluding carboxylic acids is 2. The van der Waals surface area contributed by atoms with Crippen LogP contribution in [0.3, 0.4) is 0 Å². The van der Waals surface area contributed by atoms with Crippen molar-refractivity contribution < 1.29 is 9.59 Å². The van der Waals surface area contributed by atoms with Crippen LogP contribution in [0.15, 0.2) is 54.6 Å². The van der Waals surface area contributed by atoms with Gasteiger partial charge in [-0.1, -0.05) is 54.1 Å². The molecule has 1 N–H and O–H groups in total. The molecule has 1 aliphatic rings. The molecule has 1 saturated heterocycles. The molecular weight excluding hydrogens is 336 g/mol. The van der Waals surface area contributed by atoms with Crippen molar-refractivity contribution in [2.45, 2.75) is 18.8 Å². The molecule has 1 heterocycles. The van der Waals surface area contributed by atoms with Crippen molar-refractivity contribution in [3.8, 4) is 0 Å². The van der Waals surface area contributed by atoms with Crippen LogP contribution >= 0.6 is 11.6 Å². The summed E-state index contributed by atoms with van der Waals surface area (Å²) in [5.74, 6) is 0.0470. The number of amides is 2. The van der Waals surface area contributed by atoms with Gasteiger partial charge in [-0.15, -0.1) is 0 Å². The Morgan fingerprint density at radius 3 is 2.44 bits per heavy atom. The van der Waals surface area contributed by atoms with E-state index in [4.69, 9.17) is 11.6 Å². The van der Waals surface area contributed by atoms with Crippen molar-refractivity contribution in [2.24, 2.45) is 0 Å². The molecule has 1 atom stereocenters. The quantitative estimate of drug-likeness (QED) is 0.914. The molecule has 0 bridgehead atoms. The number of carbonyl (C=O) groups is 2. The van der Waals surface area contributed by atoms with E-state index in [-0.39, 0.29) is 17.7 Å². The van der Waals surface area contributed by atoms with Gasteiger partial charge in [-0.3, -0.25) is 9.59 Å². The van der Waals surface area contributed by atoms with Gasteiger partial charge >= 0.3 is 0 Å². The molecule has 0 aliphatic carbocycles. The minimum atomic E-state index is -0.0297. The Labute approximate surface area is 152 Å². The van der Waals surface area contributed by atoms with E-state index in [9.17, 15) is 9.59 Å². The van der Waals surface area contributed by atoms with Gasteiger partial charge in [0.25, 0.3) is 0 Å². The van der Waals surface area contributed by atoms with Gasteiger partial charge in [0.15, 0.2) is 0 Å². The fraction of sp³-hybridized carbons (Fsp3) is 0.300. The van der Waals surface area contributed by atoms with Gasteiger partial charge in [-0.25, -0.2) is 0 Å². The molecule has 3 rings (SSSR count). The molecule has 0 radical (unpaired) electrons. The van der Waals surface area contributed by atoms with Gasteiger partial charge in [0.05, 0.1) is 0 Å². The molecule has 0 aromatic heterocycles. The fourth-order valence-electron chi connectivity index (χ4n) is 3.13. The summed E-state index contributed by atoms with van der Waals surface area (Å²) < 4.78 is 0. The summed E-state index contributed by atoms with van der Waals surface area (Å²) in [7, 11) is 0. The summed E-state index contributed by atoms with van der Waals surface area (Å²) in [6.07, 6.45) is 0.739. The highest BCUT2D eigenvalue weighted by Crippen LogP contribution is 2.29. The monoisotopic (exact) mass is 356 g/mol. The number of hydrogen-bond donors (Lipinski definition) is 1. The average Bonchev–Trinajstić information content (AvgIpc) is 2.86. The van der Waals surface area contributed by atoms with Crippen LogP contribution in [-0.2, 0) is 9.59 Å². The van der Waals surface area contributed by atoms with Crippen LogP contribution in [0.25, 0.3) is 0 Å². The topological polar surface area (TPSA) is 49.4 Å². The van der Waals surface area contributed by atoms with E-state index >= 15 is 0 Å². The zero-order chi connectivity index (χ0) is 17.6. The third kappa shape index (κ3) is 4.60. The molecule has 130 valence electrons. The number of hydrogen-bond acceptors (Lipinski definition) is 2. The highest BCUT2D eigenvalue weighted by atomic mass is 35.5. The number of nitrogens with one attached hydrogen (secondary N) is 1. The van der Waals surface area contributed by atoms with Crippen LogP contribution in [0.2, 0.25) is 5.02 Å². The molecular formula is C20H21ClN2O2. The van der Waals surface area contributed by atoms with Gasteiger partial charge in [0.1, 0.15) is 0 Å². The second-order valence-electron chi connectivity index (χ2n) is 6.20. The zero-order valence-corrected chi connectivity index (χ0v) is 14.7. The van der Waals surface area contributed by atoms with Crippen LogP contribution in [0, 0.1) is 0 Å². The van der Waals surface area contributed by atoms with Crippen LogP contribution in [0.1, 0.15) is 29.9 Å².